The summed E-state index contributed by atoms with van der Waals surface area (Å²) in [6, 6.07) is 4.12. The molecule has 6 nitrogen and oxygen atoms in total. The maximum absolute atomic E-state index is 14.3. The number of benzene rings is 2. The van der Waals surface area contributed by atoms with Crippen molar-refractivity contribution in [2.75, 3.05) is 0 Å². The van der Waals surface area contributed by atoms with Crippen LogP contribution in [0.15, 0.2) is 27.8 Å². The van der Waals surface area contributed by atoms with Crippen LogP contribution in [0.3, 0.4) is 0 Å². The molecule has 0 fully saturated rings. The zero-order valence-electron chi connectivity index (χ0n) is 13.6. The lowest BCUT2D eigenvalue weighted by Gasteiger charge is -2.16. The fourth-order valence-electron chi connectivity index (χ4n) is 2.93. The van der Waals surface area contributed by atoms with Gasteiger partial charge in [-0.05, 0) is 54.6 Å². The second kappa shape index (κ2) is 5.87. The molecular weight excluding hydrogens is 442 g/mol. The van der Waals surface area contributed by atoms with Crippen molar-refractivity contribution in [1.82, 2.24) is 9.13 Å². The van der Waals surface area contributed by atoms with Crippen molar-refractivity contribution in [3.05, 3.63) is 59.6 Å². The van der Waals surface area contributed by atoms with Crippen LogP contribution in [0.2, 0.25) is 0 Å². The maximum atomic E-state index is 14.3. The highest BCUT2D eigenvalue weighted by Crippen LogP contribution is 2.36. The number of hydrogen-bond acceptors (Lipinski definition) is 4. The lowest BCUT2D eigenvalue weighted by Crippen LogP contribution is -2.38. The Balaban J connectivity index is 2.61. The topological polar surface area (TPSA) is 84.5 Å². The van der Waals surface area contributed by atoms with Gasteiger partial charge in [0.1, 0.15) is 22.7 Å². The zero-order chi connectivity index (χ0) is 18.6. The molecule has 0 atom stereocenters. The summed E-state index contributed by atoms with van der Waals surface area (Å²) in [4.78, 5) is 25.6. The van der Waals surface area contributed by atoms with Crippen LogP contribution in [-0.2, 0) is 7.05 Å². The molecule has 3 aromatic rings. The van der Waals surface area contributed by atoms with Gasteiger partial charge in [0.2, 0.25) is 0 Å². The number of aromatic hydroxyl groups is 2. The number of halogens is 2. The molecule has 0 radical (unpaired) electrons. The third kappa shape index (κ3) is 2.43. The second-order valence-electron chi connectivity index (χ2n) is 5.75. The summed E-state index contributed by atoms with van der Waals surface area (Å²) in [5.41, 5.74) is -1.30. The smallest absolute Gasteiger partial charge is 0.335 e. The van der Waals surface area contributed by atoms with Crippen LogP contribution in [0.5, 0.6) is 11.5 Å². The molecule has 0 saturated heterocycles. The van der Waals surface area contributed by atoms with E-state index in [0.29, 0.717) is 8.14 Å². The highest BCUT2D eigenvalue weighted by atomic mass is 127. The molecule has 2 aromatic carbocycles. The predicted molar refractivity (Wildman–Crippen MR) is 100 cm³/mol. The van der Waals surface area contributed by atoms with Crippen molar-refractivity contribution in [2.45, 2.75) is 13.8 Å². The van der Waals surface area contributed by atoms with Gasteiger partial charge < -0.3 is 10.2 Å². The molecule has 0 unspecified atom stereocenters. The van der Waals surface area contributed by atoms with Crippen LogP contribution in [0.1, 0.15) is 11.1 Å². The number of phenols is 2. The fourth-order valence-corrected chi connectivity index (χ4v) is 3.39. The highest BCUT2D eigenvalue weighted by molar-refractivity contribution is 14.1. The molecule has 130 valence electrons. The Kier molecular flexibility index (Phi) is 4.10. The second-order valence-corrected chi connectivity index (χ2v) is 6.99. The van der Waals surface area contributed by atoms with Gasteiger partial charge in [-0.15, -0.1) is 0 Å². The summed E-state index contributed by atoms with van der Waals surface area (Å²) in [5.74, 6) is -1.35. The first kappa shape index (κ1) is 17.5. The van der Waals surface area contributed by atoms with Gasteiger partial charge in [0, 0.05) is 21.7 Å². The van der Waals surface area contributed by atoms with Crippen molar-refractivity contribution in [2.24, 2.45) is 7.05 Å². The van der Waals surface area contributed by atoms with Gasteiger partial charge >= 0.3 is 5.69 Å². The molecule has 0 bridgehead atoms. The first-order valence-corrected chi connectivity index (χ1v) is 8.37. The average molecular weight is 456 g/mol. The van der Waals surface area contributed by atoms with Crippen molar-refractivity contribution in [3.8, 4) is 17.2 Å². The molecule has 0 aliphatic carbocycles. The van der Waals surface area contributed by atoms with Gasteiger partial charge in [0.25, 0.3) is 5.56 Å². The Morgan fingerprint density at radius 2 is 1.72 bits per heavy atom. The molecule has 25 heavy (non-hydrogen) atoms. The molecule has 2 N–H and O–H groups in total. The average Bonchev–Trinajstić information content (AvgIpc) is 2.56. The Morgan fingerprint density at radius 3 is 2.32 bits per heavy atom. The van der Waals surface area contributed by atoms with Gasteiger partial charge in [0.15, 0.2) is 0 Å². The van der Waals surface area contributed by atoms with Crippen LogP contribution in [0.4, 0.5) is 4.39 Å². The summed E-state index contributed by atoms with van der Waals surface area (Å²) in [6.07, 6.45) is 0. The van der Waals surface area contributed by atoms with Crippen LogP contribution in [0, 0.1) is 23.2 Å². The van der Waals surface area contributed by atoms with E-state index in [1.807, 2.05) is 22.6 Å². The normalized spacial score (nSPS) is 11.2. The highest BCUT2D eigenvalue weighted by Gasteiger charge is 2.23. The molecule has 0 spiro atoms. The van der Waals surface area contributed by atoms with Crippen LogP contribution in [-0.4, -0.2) is 19.3 Å². The molecule has 8 heteroatoms. The molecule has 1 heterocycles. The van der Waals surface area contributed by atoms with E-state index in [1.54, 1.807) is 13.0 Å². The van der Waals surface area contributed by atoms with Crippen LogP contribution < -0.4 is 11.2 Å². The van der Waals surface area contributed by atoms with Crippen molar-refractivity contribution in [3.63, 3.8) is 0 Å². The molecule has 0 amide bonds. The molecular formula is C17H14FIN2O4. The Hall–Kier alpha value is -2.36. The fraction of sp³-hybridized carbons (Fsp3) is 0.176. The summed E-state index contributed by atoms with van der Waals surface area (Å²) >= 11 is 1.92. The van der Waals surface area contributed by atoms with Gasteiger partial charge in [-0.25, -0.2) is 13.8 Å². The monoisotopic (exact) mass is 456 g/mol. The summed E-state index contributed by atoms with van der Waals surface area (Å²) in [7, 11) is 1.40. The third-order valence-corrected chi connectivity index (χ3v) is 4.95. The lowest BCUT2D eigenvalue weighted by molar-refractivity contribution is 0.444. The van der Waals surface area contributed by atoms with E-state index in [-0.39, 0.29) is 33.5 Å². The SMILES string of the molecule is Cc1c(O)c(C)c2c(c1O)c(=O)n(-c1ccc(I)cc1F)c(=O)n2C. The number of nitrogens with zero attached hydrogens (tertiary/aromatic N) is 2. The number of hydrogen-bond donors (Lipinski definition) is 2. The summed E-state index contributed by atoms with van der Waals surface area (Å²) in [5, 5.41) is 20.3. The maximum Gasteiger partial charge on any atom is 0.335 e. The predicted octanol–water partition coefficient (Wildman–Crippen LogP) is 2.46. The number of aryl methyl sites for hydroxylation is 2. The molecule has 0 aliphatic heterocycles. The lowest BCUT2D eigenvalue weighted by atomic mass is 10.0. The minimum atomic E-state index is -0.845. The molecule has 0 aliphatic rings. The first-order valence-electron chi connectivity index (χ1n) is 7.29. The van der Waals surface area contributed by atoms with E-state index < -0.39 is 22.8 Å². The van der Waals surface area contributed by atoms with E-state index in [4.69, 9.17) is 0 Å². The summed E-state index contributed by atoms with van der Waals surface area (Å²) < 4.78 is 16.7. The van der Waals surface area contributed by atoms with Crippen molar-refractivity contribution in [1.29, 1.82) is 0 Å². The van der Waals surface area contributed by atoms with Gasteiger partial charge in [-0.1, -0.05) is 0 Å². The Bertz CT molecular complexity index is 1160. The number of rotatable bonds is 1. The third-order valence-electron chi connectivity index (χ3n) is 4.28. The number of phenolic OH excluding ortho intramolecular Hbond substituents is 2. The van der Waals surface area contributed by atoms with Crippen LogP contribution >= 0.6 is 22.6 Å². The standard InChI is InChI=1S/C17H14FIN2O4/c1-7-13-12(15(23)8(2)14(7)22)16(24)21(17(25)20(13)3)11-5-4-9(19)6-10(11)18/h4-6,22-23H,1-3H3. The quantitative estimate of drug-likeness (QED) is 0.552. The molecule has 1 aromatic heterocycles. The van der Waals surface area contributed by atoms with Gasteiger partial charge in [-0.2, -0.15) is 0 Å². The van der Waals surface area contributed by atoms with E-state index in [9.17, 15) is 24.2 Å². The van der Waals surface area contributed by atoms with Gasteiger partial charge in [-0.3, -0.25) is 9.36 Å². The Morgan fingerprint density at radius 1 is 1.08 bits per heavy atom. The molecule has 3 rings (SSSR count). The van der Waals surface area contributed by atoms with Crippen molar-refractivity contribution < 1.29 is 14.6 Å². The van der Waals surface area contributed by atoms with Gasteiger partial charge in [0.05, 0.1) is 11.2 Å². The Labute approximate surface area is 154 Å². The van der Waals surface area contributed by atoms with E-state index in [0.717, 1.165) is 4.57 Å². The largest absolute Gasteiger partial charge is 0.507 e. The summed E-state index contributed by atoms with van der Waals surface area (Å²) in [6.45, 7) is 3.00. The van der Waals surface area contributed by atoms with E-state index >= 15 is 0 Å². The number of aromatic nitrogens is 2. The zero-order valence-corrected chi connectivity index (χ0v) is 15.8. The number of fused-ring (bicyclic) bond motifs is 1. The minimum Gasteiger partial charge on any atom is -0.507 e. The first-order chi connectivity index (χ1) is 11.7. The van der Waals surface area contributed by atoms with Crippen LogP contribution in [0.25, 0.3) is 16.6 Å². The van der Waals surface area contributed by atoms with E-state index in [1.165, 1.54) is 26.1 Å². The van der Waals surface area contributed by atoms with E-state index in [2.05, 4.69) is 0 Å². The molecule has 0 saturated carbocycles. The van der Waals surface area contributed by atoms with Crippen molar-refractivity contribution >= 4 is 33.5 Å². The minimum absolute atomic E-state index is 0.109.